The van der Waals surface area contributed by atoms with Crippen molar-refractivity contribution < 1.29 is 9.52 Å². The predicted molar refractivity (Wildman–Crippen MR) is 93.2 cm³/mol. The van der Waals surface area contributed by atoms with Gasteiger partial charge in [0.15, 0.2) is 16.6 Å². The Morgan fingerprint density at radius 3 is 2.92 bits per heavy atom. The molecule has 2 aromatic heterocycles. The first-order valence-electron chi connectivity index (χ1n) is 7.34. The minimum Gasteiger partial charge on any atom is -0.434 e. The number of oxazole rings is 1. The number of halogens is 1. The molecular formula is C17H15BrN4O2. The fourth-order valence-corrected chi connectivity index (χ4v) is 2.98. The average molecular weight is 387 g/mol. The number of pyridine rings is 1. The summed E-state index contributed by atoms with van der Waals surface area (Å²) in [7, 11) is 1.65. The van der Waals surface area contributed by atoms with Gasteiger partial charge in [-0.25, -0.2) is 4.98 Å². The molecule has 0 unspecified atom stereocenters. The number of hydrogen-bond donors (Lipinski definition) is 1. The largest absolute Gasteiger partial charge is 0.434 e. The van der Waals surface area contributed by atoms with Crippen LogP contribution in [0.25, 0.3) is 22.6 Å². The quantitative estimate of drug-likeness (QED) is 0.749. The van der Waals surface area contributed by atoms with Crippen molar-refractivity contribution in [2.45, 2.75) is 13.5 Å². The Labute approximate surface area is 146 Å². The number of rotatable bonds is 3. The molecule has 0 aliphatic rings. The maximum absolute atomic E-state index is 9.42. The fourth-order valence-electron chi connectivity index (χ4n) is 2.61. The molecule has 0 aliphatic carbocycles. The summed E-state index contributed by atoms with van der Waals surface area (Å²) < 4.78 is 8.56. The molecule has 0 saturated carbocycles. The second kappa shape index (κ2) is 6.59. The highest BCUT2D eigenvalue weighted by Gasteiger charge is 2.17. The van der Waals surface area contributed by atoms with Crippen LogP contribution in [0, 0.1) is 18.3 Å². The zero-order valence-corrected chi connectivity index (χ0v) is 14.8. The number of nitriles is 1. The SMILES string of the molecule is C/N=c1\c2nc(-c3cccc(Br)c3C)oc2c(C#N)cn1CCO. The van der Waals surface area contributed by atoms with Crippen LogP contribution in [0.4, 0.5) is 0 Å². The lowest BCUT2D eigenvalue weighted by Gasteiger charge is -2.05. The van der Waals surface area contributed by atoms with Gasteiger partial charge in [0, 0.05) is 29.8 Å². The summed E-state index contributed by atoms with van der Waals surface area (Å²) in [4.78, 5) is 8.82. The van der Waals surface area contributed by atoms with Gasteiger partial charge in [-0.3, -0.25) is 4.99 Å². The molecule has 0 fully saturated rings. The van der Waals surface area contributed by atoms with Crippen LogP contribution in [0.3, 0.4) is 0 Å². The van der Waals surface area contributed by atoms with Gasteiger partial charge in [-0.05, 0) is 24.6 Å². The van der Waals surface area contributed by atoms with Crippen LogP contribution in [-0.2, 0) is 6.54 Å². The Morgan fingerprint density at radius 2 is 2.25 bits per heavy atom. The molecule has 122 valence electrons. The molecule has 0 aliphatic heterocycles. The molecule has 0 atom stereocenters. The van der Waals surface area contributed by atoms with Gasteiger partial charge in [-0.1, -0.05) is 22.0 Å². The molecular weight excluding hydrogens is 372 g/mol. The number of nitrogens with zero attached hydrogens (tertiary/aromatic N) is 4. The standard InChI is InChI=1S/C17H15BrN4O2/c1-10-12(4-3-5-13(10)18)17-21-14-15(24-17)11(8-19)9-22(6-7-23)16(14)20-2/h3-5,9,23H,6-7H2,1-2H3/b20-16+. The molecule has 6 nitrogen and oxygen atoms in total. The van der Waals surface area contributed by atoms with Gasteiger partial charge < -0.3 is 14.1 Å². The Kier molecular flexibility index (Phi) is 4.51. The van der Waals surface area contributed by atoms with E-state index in [1.54, 1.807) is 17.8 Å². The molecule has 7 heteroatoms. The van der Waals surface area contributed by atoms with Gasteiger partial charge in [-0.2, -0.15) is 5.26 Å². The molecule has 1 aromatic carbocycles. The second-order valence-electron chi connectivity index (χ2n) is 5.23. The van der Waals surface area contributed by atoms with Crippen molar-refractivity contribution in [3.63, 3.8) is 0 Å². The van der Waals surface area contributed by atoms with Crippen molar-refractivity contribution in [3.8, 4) is 17.5 Å². The van der Waals surface area contributed by atoms with Crippen molar-refractivity contribution in [1.29, 1.82) is 5.26 Å². The molecule has 0 saturated heterocycles. The molecule has 0 spiro atoms. The summed E-state index contributed by atoms with van der Waals surface area (Å²) in [6.45, 7) is 2.24. The van der Waals surface area contributed by atoms with Gasteiger partial charge in [0.1, 0.15) is 11.6 Å². The van der Waals surface area contributed by atoms with Crippen molar-refractivity contribution in [2.75, 3.05) is 13.7 Å². The first-order chi connectivity index (χ1) is 11.6. The summed E-state index contributed by atoms with van der Waals surface area (Å²) in [6, 6.07) is 7.90. The van der Waals surface area contributed by atoms with E-state index in [9.17, 15) is 10.4 Å². The zero-order chi connectivity index (χ0) is 17.3. The van der Waals surface area contributed by atoms with Gasteiger partial charge in [-0.15, -0.1) is 0 Å². The molecule has 3 rings (SSSR count). The van der Waals surface area contributed by atoms with E-state index in [-0.39, 0.29) is 6.61 Å². The third kappa shape index (κ3) is 2.64. The molecule has 1 N–H and O–H groups in total. The molecule has 3 aromatic rings. The van der Waals surface area contributed by atoms with Crippen LogP contribution in [0.15, 0.2) is 38.3 Å². The second-order valence-corrected chi connectivity index (χ2v) is 6.08. The van der Waals surface area contributed by atoms with E-state index in [2.05, 4.69) is 32.0 Å². The van der Waals surface area contributed by atoms with Crippen LogP contribution >= 0.6 is 15.9 Å². The highest BCUT2D eigenvalue weighted by Crippen LogP contribution is 2.30. The van der Waals surface area contributed by atoms with Crippen LogP contribution < -0.4 is 5.49 Å². The number of hydrogen-bond acceptors (Lipinski definition) is 5. The first kappa shape index (κ1) is 16.4. The third-order valence-corrected chi connectivity index (χ3v) is 4.67. The Bertz CT molecular complexity index is 1030. The topological polar surface area (TPSA) is 87.3 Å². The summed E-state index contributed by atoms with van der Waals surface area (Å²) >= 11 is 3.50. The Balaban J connectivity index is 2.36. The Hall–Kier alpha value is -2.43. The summed E-state index contributed by atoms with van der Waals surface area (Å²) in [5, 5.41) is 18.6. The molecule has 24 heavy (non-hydrogen) atoms. The lowest BCUT2D eigenvalue weighted by Crippen LogP contribution is -2.23. The van der Waals surface area contributed by atoms with Gasteiger partial charge in [0.2, 0.25) is 5.89 Å². The highest BCUT2D eigenvalue weighted by molar-refractivity contribution is 9.10. The van der Waals surface area contributed by atoms with Crippen molar-refractivity contribution in [1.82, 2.24) is 9.55 Å². The van der Waals surface area contributed by atoms with Crippen molar-refractivity contribution in [3.05, 3.63) is 45.5 Å². The molecule has 0 bridgehead atoms. The minimum atomic E-state index is -0.0565. The van der Waals surface area contributed by atoms with Crippen LogP contribution in [0.5, 0.6) is 0 Å². The summed E-state index contributed by atoms with van der Waals surface area (Å²) in [5.41, 5.74) is 3.69. The lowest BCUT2D eigenvalue weighted by atomic mass is 10.1. The summed E-state index contributed by atoms with van der Waals surface area (Å²) in [5.74, 6) is 0.437. The number of aliphatic hydroxyl groups is 1. The van der Waals surface area contributed by atoms with Gasteiger partial charge in [0.25, 0.3) is 0 Å². The number of benzene rings is 1. The predicted octanol–water partition coefficient (Wildman–Crippen LogP) is 2.76. The lowest BCUT2D eigenvalue weighted by molar-refractivity contribution is 0.274. The minimum absolute atomic E-state index is 0.0565. The maximum atomic E-state index is 9.42. The Morgan fingerprint density at radius 1 is 1.46 bits per heavy atom. The number of fused-ring (bicyclic) bond motifs is 1. The number of aromatic nitrogens is 2. The van der Waals surface area contributed by atoms with Crippen LogP contribution in [-0.4, -0.2) is 28.3 Å². The molecule has 0 radical (unpaired) electrons. The normalized spacial score (nSPS) is 11.9. The van der Waals surface area contributed by atoms with Crippen LogP contribution in [0.2, 0.25) is 0 Å². The summed E-state index contributed by atoms with van der Waals surface area (Å²) in [6.07, 6.45) is 1.63. The smallest absolute Gasteiger partial charge is 0.227 e. The first-order valence-corrected chi connectivity index (χ1v) is 8.13. The maximum Gasteiger partial charge on any atom is 0.227 e. The third-order valence-electron chi connectivity index (χ3n) is 3.81. The monoisotopic (exact) mass is 386 g/mol. The van der Waals surface area contributed by atoms with E-state index in [0.29, 0.717) is 34.6 Å². The van der Waals surface area contributed by atoms with E-state index in [1.807, 2.05) is 25.1 Å². The van der Waals surface area contributed by atoms with E-state index >= 15 is 0 Å². The van der Waals surface area contributed by atoms with E-state index in [0.717, 1.165) is 15.6 Å². The molecule has 0 amide bonds. The molecule has 2 heterocycles. The average Bonchev–Trinajstić information content (AvgIpc) is 3.01. The van der Waals surface area contributed by atoms with Crippen molar-refractivity contribution >= 4 is 27.0 Å². The van der Waals surface area contributed by atoms with Gasteiger partial charge in [0.05, 0.1) is 6.61 Å². The highest BCUT2D eigenvalue weighted by atomic mass is 79.9. The van der Waals surface area contributed by atoms with Gasteiger partial charge >= 0.3 is 0 Å². The zero-order valence-electron chi connectivity index (χ0n) is 13.2. The fraction of sp³-hybridized carbons (Fsp3) is 0.235. The van der Waals surface area contributed by atoms with E-state index in [1.165, 1.54) is 0 Å². The number of aliphatic hydroxyl groups excluding tert-OH is 1. The van der Waals surface area contributed by atoms with E-state index < -0.39 is 0 Å². The van der Waals surface area contributed by atoms with Crippen LogP contribution in [0.1, 0.15) is 11.1 Å². The van der Waals surface area contributed by atoms with E-state index in [4.69, 9.17) is 4.42 Å². The van der Waals surface area contributed by atoms with Crippen molar-refractivity contribution in [2.24, 2.45) is 4.99 Å².